The molecule has 2 aromatic rings. The van der Waals surface area contributed by atoms with Gasteiger partial charge in [0, 0.05) is 84.9 Å². The van der Waals surface area contributed by atoms with Crippen molar-refractivity contribution in [3.05, 3.63) is 42.7 Å². The molecule has 2 N–H and O–H groups in total. The summed E-state index contributed by atoms with van der Waals surface area (Å²) in [6, 6.07) is 9.39. The Labute approximate surface area is 207 Å². The average Bonchev–Trinajstić information content (AvgIpc) is 2.83. The van der Waals surface area contributed by atoms with Crippen LogP contribution in [0.5, 0.6) is 5.75 Å². The van der Waals surface area contributed by atoms with Crippen LogP contribution in [-0.2, 0) is 0 Å². The maximum absolute atomic E-state index is 10.1. The second-order valence-corrected chi connectivity index (χ2v) is 7.81. The van der Waals surface area contributed by atoms with E-state index in [9.17, 15) is 5.11 Å². The molecular formula is C22H33IN8O. The predicted molar refractivity (Wildman–Crippen MR) is 139 cm³/mol. The summed E-state index contributed by atoms with van der Waals surface area (Å²) in [7, 11) is 1.84. The Hall–Kier alpha value is -2.34. The molecule has 1 aromatic carbocycles. The van der Waals surface area contributed by atoms with Crippen molar-refractivity contribution in [1.82, 2.24) is 25.1 Å². The lowest BCUT2D eigenvalue weighted by Gasteiger charge is -2.38. The zero-order valence-electron chi connectivity index (χ0n) is 18.6. The Balaban J connectivity index is 0.00000289. The van der Waals surface area contributed by atoms with Crippen LogP contribution in [0, 0.1) is 0 Å². The number of hydrogen-bond donors (Lipinski definition) is 2. The molecule has 2 aliphatic rings. The van der Waals surface area contributed by atoms with Crippen LogP contribution in [0.2, 0.25) is 0 Å². The highest BCUT2D eigenvalue weighted by molar-refractivity contribution is 14.0. The second-order valence-electron chi connectivity index (χ2n) is 7.81. The minimum atomic E-state index is 0. The summed E-state index contributed by atoms with van der Waals surface area (Å²) in [4.78, 5) is 22.4. The van der Waals surface area contributed by atoms with Crippen molar-refractivity contribution in [3.8, 4) is 5.75 Å². The number of aromatic nitrogens is 2. The van der Waals surface area contributed by atoms with Crippen LogP contribution in [0.1, 0.15) is 0 Å². The average molecular weight is 552 g/mol. The van der Waals surface area contributed by atoms with Crippen molar-refractivity contribution in [1.29, 1.82) is 0 Å². The summed E-state index contributed by atoms with van der Waals surface area (Å²) in [5, 5.41) is 13.6. The van der Waals surface area contributed by atoms with Gasteiger partial charge in [0.25, 0.3) is 0 Å². The van der Waals surface area contributed by atoms with Gasteiger partial charge in [-0.3, -0.25) is 9.89 Å². The molecule has 0 atom stereocenters. The van der Waals surface area contributed by atoms with Gasteiger partial charge in [0.05, 0.1) is 5.69 Å². The number of aromatic hydroxyl groups is 1. The van der Waals surface area contributed by atoms with Gasteiger partial charge in [-0.15, -0.1) is 24.0 Å². The largest absolute Gasteiger partial charge is 0.506 e. The molecule has 0 aliphatic carbocycles. The van der Waals surface area contributed by atoms with Gasteiger partial charge in [0.15, 0.2) is 5.96 Å². The highest BCUT2D eigenvalue weighted by Crippen LogP contribution is 2.27. The summed E-state index contributed by atoms with van der Waals surface area (Å²) >= 11 is 0. The minimum absolute atomic E-state index is 0. The van der Waals surface area contributed by atoms with Crippen LogP contribution in [0.3, 0.4) is 0 Å². The Morgan fingerprint density at radius 2 is 1.59 bits per heavy atom. The number of phenolic OH excluding ortho intramolecular Hbond substituents is 1. The van der Waals surface area contributed by atoms with E-state index in [1.807, 2.05) is 31.3 Å². The molecule has 2 saturated heterocycles. The van der Waals surface area contributed by atoms with Crippen molar-refractivity contribution in [3.63, 3.8) is 0 Å². The number of anilines is 2. The van der Waals surface area contributed by atoms with Gasteiger partial charge in [-0.1, -0.05) is 12.1 Å². The van der Waals surface area contributed by atoms with Crippen molar-refractivity contribution < 1.29 is 5.11 Å². The third-order valence-corrected chi connectivity index (χ3v) is 5.93. The molecule has 10 heteroatoms. The molecule has 0 saturated carbocycles. The second kappa shape index (κ2) is 12.0. The highest BCUT2D eigenvalue weighted by Gasteiger charge is 2.22. The van der Waals surface area contributed by atoms with Gasteiger partial charge in [0.1, 0.15) is 5.75 Å². The first-order valence-corrected chi connectivity index (χ1v) is 11.0. The fourth-order valence-electron chi connectivity index (χ4n) is 4.17. The molecule has 1 aromatic heterocycles. The van der Waals surface area contributed by atoms with E-state index in [-0.39, 0.29) is 24.0 Å². The molecule has 32 heavy (non-hydrogen) atoms. The van der Waals surface area contributed by atoms with Gasteiger partial charge in [-0.25, -0.2) is 9.97 Å². The van der Waals surface area contributed by atoms with Crippen LogP contribution in [0.15, 0.2) is 47.7 Å². The molecule has 2 aliphatic heterocycles. The van der Waals surface area contributed by atoms with E-state index < -0.39 is 0 Å². The predicted octanol–water partition coefficient (Wildman–Crippen LogP) is 1.32. The molecule has 0 unspecified atom stereocenters. The lowest BCUT2D eigenvalue weighted by Crippen LogP contribution is -2.54. The van der Waals surface area contributed by atoms with Crippen molar-refractivity contribution >= 4 is 41.6 Å². The molecule has 2 fully saturated rings. The maximum Gasteiger partial charge on any atom is 0.225 e. The smallest absolute Gasteiger partial charge is 0.225 e. The Kier molecular flexibility index (Phi) is 9.15. The van der Waals surface area contributed by atoms with Crippen LogP contribution >= 0.6 is 24.0 Å². The lowest BCUT2D eigenvalue weighted by molar-refractivity contribution is 0.258. The first kappa shape index (κ1) is 24.3. The van der Waals surface area contributed by atoms with Crippen LogP contribution in [-0.4, -0.2) is 103 Å². The van der Waals surface area contributed by atoms with Crippen molar-refractivity contribution in [2.45, 2.75) is 0 Å². The van der Waals surface area contributed by atoms with Gasteiger partial charge in [0.2, 0.25) is 5.95 Å². The molecule has 9 nitrogen and oxygen atoms in total. The van der Waals surface area contributed by atoms with E-state index in [0.717, 1.165) is 83.0 Å². The molecule has 0 amide bonds. The third kappa shape index (κ3) is 6.12. The topological polar surface area (TPSA) is 83.4 Å². The van der Waals surface area contributed by atoms with Gasteiger partial charge >= 0.3 is 0 Å². The quantitative estimate of drug-likeness (QED) is 0.327. The number of phenols is 1. The Bertz CT molecular complexity index is 852. The van der Waals surface area contributed by atoms with Crippen LogP contribution in [0.25, 0.3) is 0 Å². The van der Waals surface area contributed by atoms with Crippen molar-refractivity contribution in [2.24, 2.45) is 4.99 Å². The van der Waals surface area contributed by atoms with Crippen molar-refractivity contribution in [2.75, 3.05) is 82.3 Å². The summed E-state index contributed by atoms with van der Waals surface area (Å²) in [5.41, 5.74) is 0.908. The first-order valence-electron chi connectivity index (χ1n) is 11.0. The SMILES string of the molecule is CN=C(NCCN1CCN(c2ncccn2)CC1)N1CCN(c2ccccc2O)CC1.I. The number of nitrogens with one attached hydrogen (secondary N) is 1. The van der Waals surface area contributed by atoms with Crippen LogP contribution < -0.4 is 15.1 Å². The molecule has 0 radical (unpaired) electrons. The van der Waals surface area contributed by atoms with E-state index in [0.29, 0.717) is 5.75 Å². The number of aliphatic imine (C=N–C) groups is 1. The number of benzene rings is 1. The highest BCUT2D eigenvalue weighted by atomic mass is 127. The number of nitrogens with zero attached hydrogens (tertiary/aromatic N) is 7. The van der Waals surface area contributed by atoms with E-state index in [1.54, 1.807) is 18.5 Å². The number of halogens is 1. The first-order chi connectivity index (χ1) is 15.2. The molecule has 174 valence electrons. The molecule has 0 bridgehead atoms. The Morgan fingerprint density at radius 1 is 0.938 bits per heavy atom. The van der Waals surface area contributed by atoms with Gasteiger partial charge in [-0.05, 0) is 18.2 Å². The van der Waals surface area contributed by atoms with Gasteiger partial charge < -0.3 is 25.1 Å². The summed E-state index contributed by atoms with van der Waals surface area (Å²) in [5.74, 6) is 2.12. The summed E-state index contributed by atoms with van der Waals surface area (Å²) in [6.07, 6.45) is 3.60. The summed E-state index contributed by atoms with van der Waals surface area (Å²) in [6.45, 7) is 9.27. The third-order valence-electron chi connectivity index (χ3n) is 5.93. The Morgan fingerprint density at radius 3 is 2.25 bits per heavy atom. The van der Waals surface area contributed by atoms with E-state index in [2.05, 4.69) is 39.9 Å². The lowest BCUT2D eigenvalue weighted by atomic mass is 10.2. The zero-order chi connectivity index (χ0) is 21.5. The fraction of sp³-hybridized carbons (Fsp3) is 0.500. The molecule has 0 spiro atoms. The van der Waals surface area contributed by atoms with Crippen LogP contribution in [0.4, 0.5) is 11.6 Å². The fourth-order valence-corrected chi connectivity index (χ4v) is 4.17. The normalized spacial score (nSPS) is 17.8. The minimum Gasteiger partial charge on any atom is -0.506 e. The van der Waals surface area contributed by atoms with Gasteiger partial charge in [-0.2, -0.15) is 0 Å². The standard InChI is InChI=1S/C22H32N8O.HI/c1-23-21(29-17-15-28(16-18-29)19-5-2-3-6-20(19)31)26-9-10-27-11-13-30(14-12-27)22-24-7-4-8-25-22;/h2-8,31H,9-18H2,1H3,(H,23,26);1H. The monoisotopic (exact) mass is 552 g/mol. The molecular weight excluding hydrogens is 519 g/mol. The number of para-hydroxylation sites is 2. The summed E-state index contributed by atoms with van der Waals surface area (Å²) < 4.78 is 0. The number of rotatable bonds is 5. The number of piperazine rings is 2. The van der Waals surface area contributed by atoms with E-state index >= 15 is 0 Å². The van der Waals surface area contributed by atoms with E-state index in [1.165, 1.54) is 0 Å². The zero-order valence-corrected chi connectivity index (χ0v) is 20.9. The molecule has 4 rings (SSSR count). The molecule has 3 heterocycles. The number of hydrogen-bond acceptors (Lipinski definition) is 7. The maximum atomic E-state index is 10.1. The number of guanidine groups is 1. The van der Waals surface area contributed by atoms with E-state index in [4.69, 9.17) is 0 Å².